The zero-order valence-corrected chi connectivity index (χ0v) is 11.6. The van der Waals surface area contributed by atoms with Crippen molar-refractivity contribution < 1.29 is 9.59 Å². The number of amides is 3. The molecule has 1 fully saturated rings. The molecule has 0 spiro atoms. The molecule has 0 radical (unpaired) electrons. The fourth-order valence-corrected chi connectivity index (χ4v) is 2.51. The lowest BCUT2D eigenvalue weighted by atomic mass is 9.77. The predicted molar refractivity (Wildman–Crippen MR) is 76.8 cm³/mol. The minimum atomic E-state index is -0.816. The van der Waals surface area contributed by atoms with Crippen LogP contribution in [0.3, 0.4) is 0 Å². The molecule has 1 aromatic carbocycles. The molecular weight excluding hydrogens is 254 g/mol. The van der Waals surface area contributed by atoms with Gasteiger partial charge in [0.25, 0.3) is 0 Å². The number of nitrogens with two attached hydrogens (primary N) is 1. The highest BCUT2D eigenvalue weighted by molar-refractivity contribution is 5.96. The number of benzene rings is 1. The van der Waals surface area contributed by atoms with E-state index in [-0.39, 0.29) is 6.04 Å². The van der Waals surface area contributed by atoms with Gasteiger partial charge in [-0.1, -0.05) is 36.8 Å². The molecule has 108 valence electrons. The molecule has 1 aliphatic carbocycles. The van der Waals surface area contributed by atoms with Crippen molar-refractivity contribution >= 4 is 11.9 Å². The maximum absolute atomic E-state index is 11.8. The fourth-order valence-electron chi connectivity index (χ4n) is 2.51. The first-order chi connectivity index (χ1) is 9.58. The number of hydrogen-bond acceptors (Lipinski definition) is 3. The van der Waals surface area contributed by atoms with E-state index in [0.717, 1.165) is 12.8 Å². The van der Waals surface area contributed by atoms with Gasteiger partial charge < -0.3 is 5.73 Å². The highest BCUT2D eigenvalue weighted by Crippen LogP contribution is 2.37. The SMILES string of the molecule is C[C@H](N[C@H](c1ccccc1)C1CCC1)C(=O)NC(N)=O. The fraction of sp³-hybridized carbons (Fsp3) is 0.467. The van der Waals surface area contributed by atoms with Crippen molar-refractivity contribution in [2.45, 2.75) is 38.3 Å². The Balaban J connectivity index is 2.04. The van der Waals surface area contributed by atoms with Crippen LogP contribution >= 0.6 is 0 Å². The van der Waals surface area contributed by atoms with Crippen molar-refractivity contribution in [1.82, 2.24) is 10.6 Å². The first-order valence-electron chi connectivity index (χ1n) is 6.99. The number of urea groups is 1. The maximum Gasteiger partial charge on any atom is 0.318 e. The topological polar surface area (TPSA) is 84.2 Å². The molecule has 0 saturated heterocycles. The minimum absolute atomic E-state index is 0.138. The van der Waals surface area contributed by atoms with Gasteiger partial charge in [-0.15, -0.1) is 0 Å². The molecule has 20 heavy (non-hydrogen) atoms. The van der Waals surface area contributed by atoms with Crippen LogP contribution in [0.15, 0.2) is 30.3 Å². The second kappa shape index (κ2) is 6.52. The average Bonchev–Trinajstić information content (AvgIpc) is 2.36. The second-order valence-corrected chi connectivity index (χ2v) is 5.32. The van der Waals surface area contributed by atoms with Gasteiger partial charge in [-0.05, 0) is 31.2 Å². The minimum Gasteiger partial charge on any atom is -0.351 e. The molecule has 2 atom stereocenters. The molecule has 0 unspecified atom stereocenters. The standard InChI is InChI=1S/C15H21N3O2/c1-10(14(19)18-15(16)20)17-13(12-8-5-9-12)11-6-3-2-4-7-11/h2-4,6-7,10,12-13,17H,5,8-9H2,1H3,(H3,16,18,19,20)/t10-,13+/m0/s1. The van der Waals surface area contributed by atoms with E-state index in [1.165, 1.54) is 12.0 Å². The van der Waals surface area contributed by atoms with Gasteiger partial charge in [0, 0.05) is 6.04 Å². The number of carbonyl (C=O) groups excluding carboxylic acids is 2. The summed E-state index contributed by atoms with van der Waals surface area (Å²) in [4.78, 5) is 22.5. The van der Waals surface area contributed by atoms with Crippen LogP contribution in [-0.2, 0) is 4.79 Å². The van der Waals surface area contributed by atoms with Crippen LogP contribution in [0.25, 0.3) is 0 Å². The van der Waals surface area contributed by atoms with Gasteiger partial charge in [0.05, 0.1) is 6.04 Å². The summed E-state index contributed by atoms with van der Waals surface area (Å²) >= 11 is 0. The van der Waals surface area contributed by atoms with E-state index in [1.54, 1.807) is 6.92 Å². The van der Waals surface area contributed by atoms with Crippen molar-refractivity contribution in [1.29, 1.82) is 0 Å². The summed E-state index contributed by atoms with van der Waals surface area (Å²) in [7, 11) is 0. The first kappa shape index (κ1) is 14.5. The highest BCUT2D eigenvalue weighted by Gasteiger charge is 2.30. The second-order valence-electron chi connectivity index (χ2n) is 5.32. The quantitative estimate of drug-likeness (QED) is 0.764. The summed E-state index contributed by atoms with van der Waals surface area (Å²) < 4.78 is 0. The van der Waals surface area contributed by atoms with E-state index in [9.17, 15) is 9.59 Å². The van der Waals surface area contributed by atoms with Gasteiger partial charge in [0.2, 0.25) is 5.91 Å². The number of imide groups is 1. The predicted octanol–water partition coefficient (Wildman–Crippen LogP) is 1.70. The van der Waals surface area contributed by atoms with E-state index in [1.807, 2.05) is 18.2 Å². The summed E-state index contributed by atoms with van der Waals surface area (Å²) in [6.07, 6.45) is 3.56. The van der Waals surface area contributed by atoms with Gasteiger partial charge in [-0.2, -0.15) is 0 Å². The smallest absolute Gasteiger partial charge is 0.318 e. The third-order valence-corrected chi connectivity index (χ3v) is 3.85. The van der Waals surface area contributed by atoms with Crippen LogP contribution in [-0.4, -0.2) is 18.0 Å². The zero-order chi connectivity index (χ0) is 14.5. The number of primary amides is 1. The monoisotopic (exact) mass is 275 g/mol. The van der Waals surface area contributed by atoms with Gasteiger partial charge in [0.15, 0.2) is 0 Å². The van der Waals surface area contributed by atoms with E-state index < -0.39 is 18.0 Å². The number of rotatable bonds is 5. The number of hydrogen-bond donors (Lipinski definition) is 3. The molecule has 1 saturated carbocycles. The lowest BCUT2D eigenvalue weighted by Gasteiger charge is -2.36. The molecule has 0 aliphatic heterocycles. The van der Waals surface area contributed by atoms with E-state index in [0.29, 0.717) is 5.92 Å². The molecule has 0 heterocycles. The Kier molecular flexibility index (Phi) is 4.74. The Labute approximate surface area is 118 Å². The van der Waals surface area contributed by atoms with Gasteiger partial charge >= 0.3 is 6.03 Å². The van der Waals surface area contributed by atoms with Crippen molar-refractivity contribution in [3.05, 3.63) is 35.9 Å². The third-order valence-electron chi connectivity index (χ3n) is 3.85. The summed E-state index contributed by atoms with van der Waals surface area (Å²) in [5, 5.41) is 5.43. The Bertz CT molecular complexity index is 471. The third kappa shape index (κ3) is 3.57. The van der Waals surface area contributed by atoms with Gasteiger partial charge in [-0.25, -0.2) is 4.79 Å². The summed E-state index contributed by atoms with van der Waals surface area (Å²) in [5.41, 5.74) is 6.15. The van der Waals surface area contributed by atoms with E-state index >= 15 is 0 Å². The summed E-state index contributed by atoms with van der Waals surface area (Å²) in [6.45, 7) is 1.74. The van der Waals surface area contributed by atoms with Crippen molar-refractivity contribution in [2.75, 3.05) is 0 Å². The normalized spacial score (nSPS) is 17.9. The Morgan fingerprint density at radius 3 is 2.40 bits per heavy atom. The lowest BCUT2D eigenvalue weighted by Crippen LogP contribution is -2.49. The molecule has 0 bridgehead atoms. The van der Waals surface area contributed by atoms with Crippen LogP contribution in [0.5, 0.6) is 0 Å². The van der Waals surface area contributed by atoms with E-state index in [4.69, 9.17) is 5.73 Å². The van der Waals surface area contributed by atoms with Crippen LogP contribution in [0.1, 0.15) is 37.8 Å². The molecule has 2 rings (SSSR count). The Morgan fingerprint density at radius 1 is 1.25 bits per heavy atom. The molecule has 1 aliphatic rings. The Hall–Kier alpha value is -1.88. The first-order valence-corrected chi connectivity index (χ1v) is 6.99. The van der Waals surface area contributed by atoms with Crippen molar-refractivity contribution in [3.8, 4) is 0 Å². The molecule has 5 heteroatoms. The molecule has 0 aromatic heterocycles. The van der Waals surface area contributed by atoms with Gasteiger partial charge in [0.1, 0.15) is 0 Å². The molecule has 4 N–H and O–H groups in total. The van der Waals surface area contributed by atoms with Crippen LogP contribution in [0, 0.1) is 5.92 Å². The molecule has 3 amide bonds. The molecule has 5 nitrogen and oxygen atoms in total. The van der Waals surface area contributed by atoms with Crippen LogP contribution in [0.2, 0.25) is 0 Å². The van der Waals surface area contributed by atoms with Crippen LogP contribution in [0.4, 0.5) is 4.79 Å². The van der Waals surface area contributed by atoms with Crippen LogP contribution < -0.4 is 16.4 Å². The van der Waals surface area contributed by atoms with E-state index in [2.05, 4.69) is 22.8 Å². The molecule has 1 aromatic rings. The highest BCUT2D eigenvalue weighted by atomic mass is 16.2. The zero-order valence-electron chi connectivity index (χ0n) is 11.6. The lowest BCUT2D eigenvalue weighted by molar-refractivity contribution is -0.122. The largest absolute Gasteiger partial charge is 0.351 e. The maximum atomic E-state index is 11.8. The van der Waals surface area contributed by atoms with Gasteiger partial charge in [-0.3, -0.25) is 15.4 Å². The summed E-state index contributed by atoms with van der Waals surface area (Å²) in [5.74, 6) is 0.152. The number of carbonyl (C=O) groups is 2. The van der Waals surface area contributed by atoms with Crippen molar-refractivity contribution in [2.24, 2.45) is 11.7 Å². The van der Waals surface area contributed by atoms with Crippen molar-refractivity contribution in [3.63, 3.8) is 0 Å². The average molecular weight is 275 g/mol. The summed E-state index contributed by atoms with van der Waals surface area (Å²) in [6, 6.07) is 8.96. The Morgan fingerprint density at radius 2 is 1.90 bits per heavy atom. The molecular formula is C15H21N3O2. The number of nitrogens with one attached hydrogen (secondary N) is 2.